The zero-order valence-corrected chi connectivity index (χ0v) is 10.2. The zero-order valence-electron chi connectivity index (χ0n) is 9.34. The lowest BCUT2D eigenvalue weighted by atomic mass is 10.1. The maximum absolute atomic E-state index is 11.3. The van der Waals surface area contributed by atoms with Crippen molar-refractivity contribution in [3.05, 3.63) is 11.6 Å². The van der Waals surface area contributed by atoms with E-state index in [1.165, 1.54) is 5.57 Å². The van der Waals surface area contributed by atoms with E-state index in [4.69, 9.17) is 0 Å². The number of thioether (sulfide) groups is 1. The van der Waals surface area contributed by atoms with Crippen molar-refractivity contribution < 1.29 is 4.79 Å². The van der Waals surface area contributed by atoms with Crippen LogP contribution in [0.1, 0.15) is 19.3 Å². The van der Waals surface area contributed by atoms with E-state index < -0.39 is 0 Å². The molecule has 0 atom stereocenters. The quantitative estimate of drug-likeness (QED) is 0.670. The first-order valence-corrected chi connectivity index (χ1v) is 6.86. The highest BCUT2D eigenvalue weighted by molar-refractivity contribution is 7.98. The molecule has 2 N–H and O–H groups in total. The molecule has 0 saturated heterocycles. The zero-order chi connectivity index (χ0) is 10.9. The van der Waals surface area contributed by atoms with Gasteiger partial charge in [-0.2, -0.15) is 11.8 Å². The van der Waals surface area contributed by atoms with E-state index in [0.29, 0.717) is 6.42 Å². The van der Waals surface area contributed by atoms with Gasteiger partial charge in [0.15, 0.2) is 0 Å². The van der Waals surface area contributed by atoms with Crippen LogP contribution < -0.4 is 10.6 Å². The van der Waals surface area contributed by atoms with Crippen molar-refractivity contribution in [1.82, 2.24) is 10.6 Å². The summed E-state index contributed by atoms with van der Waals surface area (Å²) in [6.07, 6.45) is 7.03. The van der Waals surface area contributed by atoms with Crippen molar-refractivity contribution >= 4 is 17.7 Å². The first kappa shape index (κ1) is 12.6. The first-order valence-electron chi connectivity index (χ1n) is 5.47. The van der Waals surface area contributed by atoms with Gasteiger partial charge in [-0.1, -0.05) is 11.6 Å². The second-order valence-electron chi connectivity index (χ2n) is 3.66. The molecule has 0 spiro atoms. The van der Waals surface area contributed by atoms with E-state index >= 15 is 0 Å². The Labute approximate surface area is 96.1 Å². The summed E-state index contributed by atoms with van der Waals surface area (Å²) in [5.41, 5.74) is 1.47. The molecule has 0 radical (unpaired) electrons. The van der Waals surface area contributed by atoms with Gasteiger partial charge in [0.05, 0.1) is 0 Å². The molecule has 0 aromatic carbocycles. The molecule has 1 heterocycles. The van der Waals surface area contributed by atoms with Gasteiger partial charge in [0.1, 0.15) is 0 Å². The Morgan fingerprint density at radius 2 is 2.53 bits per heavy atom. The fourth-order valence-corrected chi connectivity index (χ4v) is 1.93. The van der Waals surface area contributed by atoms with Gasteiger partial charge in [-0.05, 0) is 25.6 Å². The Morgan fingerprint density at radius 1 is 1.67 bits per heavy atom. The van der Waals surface area contributed by atoms with Crippen molar-refractivity contribution in [2.45, 2.75) is 19.3 Å². The minimum Gasteiger partial charge on any atom is -0.356 e. The van der Waals surface area contributed by atoms with E-state index in [0.717, 1.165) is 38.2 Å². The third-order valence-electron chi connectivity index (χ3n) is 2.46. The fourth-order valence-electron chi connectivity index (χ4n) is 1.54. The van der Waals surface area contributed by atoms with E-state index in [1.54, 1.807) is 11.8 Å². The van der Waals surface area contributed by atoms with Crippen molar-refractivity contribution in [2.24, 2.45) is 0 Å². The number of carbonyl (C=O) groups excluding carboxylic acids is 1. The van der Waals surface area contributed by atoms with E-state index in [2.05, 4.69) is 16.7 Å². The molecular formula is C11H20N2OS. The number of amides is 1. The summed E-state index contributed by atoms with van der Waals surface area (Å²) in [6.45, 7) is 2.85. The lowest BCUT2D eigenvalue weighted by molar-refractivity contribution is -0.120. The Hall–Kier alpha value is -0.480. The maximum Gasteiger partial charge on any atom is 0.220 e. The van der Waals surface area contributed by atoms with Crippen LogP contribution in [0.2, 0.25) is 0 Å². The van der Waals surface area contributed by atoms with Gasteiger partial charge in [0.2, 0.25) is 5.91 Å². The first-order chi connectivity index (χ1) is 7.33. The van der Waals surface area contributed by atoms with Gasteiger partial charge in [-0.3, -0.25) is 4.79 Å². The molecule has 3 nitrogen and oxygen atoms in total. The van der Waals surface area contributed by atoms with Crippen molar-refractivity contribution in [3.63, 3.8) is 0 Å². The van der Waals surface area contributed by atoms with Crippen molar-refractivity contribution in [2.75, 3.05) is 31.6 Å². The summed E-state index contributed by atoms with van der Waals surface area (Å²) < 4.78 is 0. The van der Waals surface area contributed by atoms with Gasteiger partial charge < -0.3 is 10.6 Å². The third kappa shape index (κ3) is 5.85. The predicted molar refractivity (Wildman–Crippen MR) is 66.2 cm³/mol. The van der Waals surface area contributed by atoms with Gasteiger partial charge in [-0.25, -0.2) is 0 Å². The van der Waals surface area contributed by atoms with Crippen LogP contribution in [-0.2, 0) is 4.79 Å². The van der Waals surface area contributed by atoms with Crippen LogP contribution in [0.4, 0.5) is 0 Å². The van der Waals surface area contributed by atoms with Crippen LogP contribution in [0, 0.1) is 0 Å². The smallest absolute Gasteiger partial charge is 0.220 e. The summed E-state index contributed by atoms with van der Waals surface area (Å²) in [6, 6.07) is 0. The normalized spacial score (nSPS) is 15.9. The Balaban J connectivity index is 2.04. The maximum atomic E-state index is 11.3. The number of hydrogen-bond acceptors (Lipinski definition) is 3. The second-order valence-corrected chi connectivity index (χ2v) is 4.64. The van der Waals surface area contributed by atoms with Gasteiger partial charge in [0.25, 0.3) is 0 Å². The monoisotopic (exact) mass is 228 g/mol. The highest BCUT2D eigenvalue weighted by atomic mass is 32.2. The molecule has 0 unspecified atom stereocenters. The van der Waals surface area contributed by atoms with E-state index in [1.807, 2.05) is 6.26 Å². The lowest BCUT2D eigenvalue weighted by Gasteiger charge is -2.14. The van der Waals surface area contributed by atoms with Crippen LogP contribution >= 0.6 is 11.8 Å². The Bertz CT molecular complexity index is 229. The molecule has 1 aliphatic heterocycles. The van der Waals surface area contributed by atoms with Gasteiger partial charge in [-0.15, -0.1) is 0 Å². The summed E-state index contributed by atoms with van der Waals surface area (Å²) in [4.78, 5) is 11.3. The lowest BCUT2D eigenvalue weighted by Crippen LogP contribution is -2.26. The minimum atomic E-state index is 0.180. The largest absolute Gasteiger partial charge is 0.356 e. The average molecular weight is 228 g/mol. The summed E-state index contributed by atoms with van der Waals surface area (Å²) in [5, 5.41) is 6.23. The highest BCUT2D eigenvalue weighted by Crippen LogP contribution is 2.07. The molecule has 0 aromatic heterocycles. The molecule has 1 amide bonds. The van der Waals surface area contributed by atoms with E-state index in [9.17, 15) is 4.79 Å². The van der Waals surface area contributed by atoms with Crippen LogP contribution in [0.25, 0.3) is 0 Å². The summed E-state index contributed by atoms with van der Waals surface area (Å²) in [7, 11) is 0. The second kappa shape index (κ2) is 7.77. The number of rotatable bonds is 6. The molecule has 15 heavy (non-hydrogen) atoms. The molecule has 1 rings (SSSR count). The average Bonchev–Trinajstić information content (AvgIpc) is 2.28. The van der Waals surface area contributed by atoms with Crippen LogP contribution in [0.3, 0.4) is 0 Å². The molecule has 0 aliphatic carbocycles. The number of carbonyl (C=O) groups is 1. The minimum absolute atomic E-state index is 0.180. The van der Waals surface area contributed by atoms with Crippen LogP contribution in [0.5, 0.6) is 0 Å². The fraction of sp³-hybridized carbons (Fsp3) is 0.727. The third-order valence-corrected chi connectivity index (χ3v) is 3.07. The van der Waals surface area contributed by atoms with Gasteiger partial charge in [0, 0.05) is 25.3 Å². The van der Waals surface area contributed by atoms with Crippen molar-refractivity contribution in [3.8, 4) is 0 Å². The molecule has 4 heteroatoms. The molecule has 0 saturated carbocycles. The van der Waals surface area contributed by atoms with E-state index in [-0.39, 0.29) is 5.91 Å². The SMILES string of the molecule is CSCCC(=O)NCCC1=CCNCC1. The molecular weight excluding hydrogens is 208 g/mol. The molecule has 0 fully saturated rings. The summed E-state index contributed by atoms with van der Waals surface area (Å²) >= 11 is 1.71. The Morgan fingerprint density at radius 3 is 3.20 bits per heavy atom. The highest BCUT2D eigenvalue weighted by Gasteiger charge is 2.04. The molecule has 0 aromatic rings. The van der Waals surface area contributed by atoms with Crippen LogP contribution in [0.15, 0.2) is 11.6 Å². The Kier molecular flexibility index (Phi) is 6.52. The summed E-state index contributed by atoms with van der Waals surface area (Å²) in [5.74, 6) is 1.09. The predicted octanol–water partition coefficient (Wildman–Crippen LogP) is 1.17. The standard InChI is InChI=1S/C11H20N2OS/c1-15-9-5-11(14)13-8-4-10-2-6-12-7-3-10/h2,12H,3-9H2,1H3,(H,13,14). The topological polar surface area (TPSA) is 41.1 Å². The van der Waals surface area contributed by atoms with Crippen molar-refractivity contribution in [1.29, 1.82) is 0 Å². The van der Waals surface area contributed by atoms with Crippen LogP contribution in [-0.4, -0.2) is 37.6 Å². The number of hydrogen-bond donors (Lipinski definition) is 2. The number of nitrogens with one attached hydrogen (secondary N) is 2. The molecule has 0 bridgehead atoms. The van der Waals surface area contributed by atoms with Gasteiger partial charge >= 0.3 is 0 Å². The molecule has 86 valence electrons. The molecule has 1 aliphatic rings.